The number of carbonyl (C=O) groups excluding carboxylic acids is 1. The van der Waals surface area contributed by atoms with Gasteiger partial charge in [0.2, 0.25) is 15.9 Å². The predicted molar refractivity (Wildman–Crippen MR) is 89.5 cm³/mol. The number of benzene rings is 1. The molecule has 1 saturated heterocycles. The van der Waals surface area contributed by atoms with Crippen molar-refractivity contribution in [2.75, 3.05) is 18.4 Å². The second-order valence-corrected chi connectivity index (χ2v) is 9.24. The smallest absolute Gasteiger partial charge is 0.306 e. The van der Waals surface area contributed by atoms with Crippen molar-refractivity contribution in [1.29, 1.82) is 0 Å². The lowest BCUT2D eigenvalue weighted by Gasteiger charge is -2.29. The standard InChI is InChI=1S/C15H18N2O5S2/c1-9-14(18)16-12-8-11(2-3-13(12)23-9)24(21,22)17-6-4-10(5-7-17)15(19)20/h2-3,8-10H,4-7H2,1H3,(H,16,18)(H,19,20)/t9-/m1/s1. The number of sulfonamides is 1. The Balaban J connectivity index is 1.82. The lowest BCUT2D eigenvalue weighted by molar-refractivity contribution is -0.142. The molecule has 0 saturated carbocycles. The SMILES string of the molecule is C[C@H]1Sc2ccc(S(=O)(=O)N3CCC(C(=O)O)CC3)cc2NC1=O. The Morgan fingerprint density at radius 1 is 1.33 bits per heavy atom. The first-order valence-electron chi connectivity index (χ1n) is 7.63. The number of rotatable bonds is 3. The van der Waals surface area contributed by atoms with Gasteiger partial charge in [-0.15, -0.1) is 11.8 Å². The van der Waals surface area contributed by atoms with Crippen molar-refractivity contribution in [3.05, 3.63) is 18.2 Å². The third-order valence-electron chi connectivity index (χ3n) is 4.32. The number of thioether (sulfide) groups is 1. The summed E-state index contributed by atoms with van der Waals surface area (Å²) in [4.78, 5) is 23.7. The van der Waals surface area contributed by atoms with Crippen LogP contribution in [0.25, 0.3) is 0 Å². The fraction of sp³-hybridized carbons (Fsp3) is 0.467. The van der Waals surface area contributed by atoms with Crippen LogP contribution in [0, 0.1) is 5.92 Å². The van der Waals surface area contributed by atoms with Gasteiger partial charge in [0.15, 0.2) is 0 Å². The van der Waals surface area contributed by atoms with Crippen LogP contribution in [0.3, 0.4) is 0 Å². The summed E-state index contributed by atoms with van der Waals surface area (Å²) in [6.07, 6.45) is 0.618. The van der Waals surface area contributed by atoms with Crippen molar-refractivity contribution < 1.29 is 23.1 Å². The molecule has 0 spiro atoms. The molecule has 1 atom stereocenters. The molecule has 0 radical (unpaired) electrons. The molecule has 1 fully saturated rings. The van der Waals surface area contributed by atoms with Gasteiger partial charge in [0.1, 0.15) is 0 Å². The van der Waals surface area contributed by atoms with E-state index in [9.17, 15) is 18.0 Å². The topological polar surface area (TPSA) is 104 Å². The van der Waals surface area contributed by atoms with Crippen molar-refractivity contribution in [3.63, 3.8) is 0 Å². The van der Waals surface area contributed by atoms with Gasteiger partial charge >= 0.3 is 5.97 Å². The van der Waals surface area contributed by atoms with Crippen molar-refractivity contribution >= 4 is 39.3 Å². The largest absolute Gasteiger partial charge is 0.481 e. The van der Waals surface area contributed by atoms with Crippen molar-refractivity contribution in [2.45, 2.75) is 34.8 Å². The van der Waals surface area contributed by atoms with E-state index in [-0.39, 0.29) is 29.1 Å². The Morgan fingerprint density at radius 3 is 2.62 bits per heavy atom. The molecule has 9 heteroatoms. The maximum Gasteiger partial charge on any atom is 0.306 e. The average molecular weight is 370 g/mol. The molecule has 24 heavy (non-hydrogen) atoms. The Labute approximate surface area is 144 Å². The molecule has 0 aromatic heterocycles. The summed E-state index contributed by atoms with van der Waals surface area (Å²) in [7, 11) is -3.70. The van der Waals surface area contributed by atoms with E-state index in [1.807, 2.05) is 0 Å². The number of hydrogen-bond acceptors (Lipinski definition) is 5. The lowest BCUT2D eigenvalue weighted by atomic mass is 9.99. The van der Waals surface area contributed by atoms with Gasteiger partial charge < -0.3 is 10.4 Å². The van der Waals surface area contributed by atoms with E-state index in [0.717, 1.165) is 4.90 Å². The van der Waals surface area contributed by atoms with Crippen LogP contribution in [0.1, 0.15) is 19.8 Å². The van der Waals surface area contributed by atoms with Gasteiger partial charge in [0.05, 0.1) is 21.8 Å². The number of nitrogens with one attached hydrogen (secondary N) is 1. The summed E-state index contributed by atoms with van der Waals surface area (Å²) >= 11 is 1.39. The Bertz CT molecular complexity index is 785. The molecule has 1 amide bonds. The molecule has 0 aliphatic carbocycles. The van der Waals surface area contributed by atoms with Crippen LogP contribution in [0.5, 0.6) is 0 Å². The summed E-state index contributed by atoms with van der Waals surface area (Å²) in [5.74, 6) is -1.52. The van der Waals surface area contributed by atoms with Crippen LogP contribution >= 0.6 is 11.8 Å². The summed E-state index contributed by atoms with van der Waals surface area (Å²) in [6.45, 7) is 2.17. The molecule has 2 aliphatic rings. The predicted octanol–water partition coefficient (Wildman–Crippen LogP) is 1.60. The number of carbonyl (C=O) groups is 2. The molecule has 3 rings (SSSR count). The maximum atomic E-state index is 12.8. The van der Waals surface area contributed by atoms with Crippen LogP contribution in [-0.2, 0) is 19.6 Å². The maximum absolute atomic E-state index is 12.8. The highest BCUT2D eigenvalue weighted by Crippen LogP contribution is 2.37. The van der Waals surface area contributed by atoms with E-state index < -0.39 is 21.9 Å². The van der Waals surface area contributed by atoms with Gasteiger partial charge in [-0.05, 0) is 38.0 Å². The number of anilines is 1. The fourth-order valence-corrected chi connectivity index (χ4v) is 5.27. The van der Waals surface area contributed by atoms with E-state index in [1.165, 1.54) is 28.2 Å². The fourth-order valence-electron chi connectivity index (χ4n) is 2.84. The molecule has 7 nitrogen and oxygen atoms in total. The number of fused-ring (bicyclic) bond motifs is 1. The number of hydrogen-bond donors (Lipinski definition) is 2. The van der Waals surface area contributed by atoms with Crippen molar-refractivity contribution in [3.8, 4) is 0 Å². The highest BCUT2D eigenvalue weighted by molar-refractivity contribution is 8.01. The van der Waals surface area contributed by atoms with E-state index in [1.54, 1.807) is 13.0 Å². The molecule has 2 N–H and O–H groups in total. The molecule has 0 unspecified atom stereocenters. The van der Waals surface area contributed by atoms with Gasteiger partial charge in [-0.1, -0.05) is 0 Å². The second-order valence-electron chi connectivity index (χ2n) is 5.92. The number of amides is 1. The normalized spacial score (nSPS) is 22.7. The average Bonchev–Trinajstić information content (AvgIpc) is 2.55. The summed E-state index contributed by atoms with van der Waals surface area (Å²) in [5, 5.41) is 11.5. The highest BCUT2D eigenvalue weighted by Gasteiger charge is 2.33. The minimum atomic E-state index is -3.70. The first-order chi connectivity index (χ1) is 11.3. The zero-order valence-electron chi connectivity index (χ0n) is 13.1. The van der Waals surface area contributed by atoms with Crippen LogP contribution in [0.4, 0.5) is 5.69 Å². The Hall–Kier alpha value is -1.58. The quantitative estimate of drug-likeness (QED) is 0.838. The summed E-state index contributed by atoms with van der Waals surface area (Å²) in [5.41, 5.74) is 0.504. The zero-order chi connectivity index (χ0) is 17.5. The number of carboxylic acid groups (broad SMARTS) is 1. The van der Waals surface area contributed by atoms with E-state index in [2.05, 4.69) is 5.32 Å². The third kappa shape index (κ3) is 3.15. The molecular formula is C15H18N2O5S2. The van der Waals surface area contributed by atoms with Gasteiger partial charge in [0, 0.05) is 18.0 Å². The summed E-state index contributed by atoms with van der Waals surface area (Å²) in [6, 6.07) is 4.71. The minimum Gasteiger partial charge on any atom is -0.481 e. The summed E-state index contributed by atoms with van der Waals surface area (Å²) < 4.78 is 26.8. The van der Waals surface area contributed by atoms with Crippen LogP contribution in [-0.4, -0.2) is 48.0 Å². The van der Waals surface area contributed by atoms with Gasteiger partial charge in [0.25, 0.3) is 0 Å². The molecule has 2 aliphatic heterocycles. The van der Waals surface area contributed by atoms with E-state index in [0.29, 0.717) is 18.5 Å². The minimum absolute atomic E-state index is 0.116. The first kappa shape index (κ1) is 17.2. The molecule has 2 heterocycles. The highest BCUT2D eigenvalue weighted by atomic mass is 32.2. The Kier molecular flexibility index (Phi) is 4.58. The third-order valence-corrected chi connectivity index (χ3v) is 7.40. The number of carboxylic acids is 1. The van der Waals surface area contributed by atoms with Gasteiger partial charge in [-0.25, -0.2) is 8.42 Å². The number of nitrogens with zero attached hydrogens (tertiary/aromatic N) is 1. The van der Waals surface area contributed by atoms with Crippen molar-refractivity contribution in [2.24, 2.45) is 5.92 Å². The molecule has 0 bridgehead atoms. The van der Waals surface area contributed by atoms with E-state index >= 15 is 0 Å². The monoisotopic (exact) mass is 370 g/mol. The molecule has 1 aromatic carbocycles. The van der Waals surface area contributed by atoms with Crippen LogP contribution in [0.15, 0.2) is 28.0 Å². The Morgan fingerprint density at radius 2 is 2.00 bits per heavy atom. The second kappa shape index (κ2) is 6.38. The number of piperidine rings is 1. The van der Waals surface area contributed by atoms with Crippen molar-refractivity contribution in [1.82, 2.24) is 4.31 Å². The van der Waals surface area contributed by atoms with E-state index in [4.69, 9.17) is 5.11 Å². The van der Waals surface area contributed by atoms with Crippen LogP contribution < -0.4 is 5.32 Å². The lowest BCUT2D eigenvalue weighted by Crippen LogP contribution is -2.40. The van der Waals surface area contributed by atoms with Crippen LogP contribution in [0.2, 0.25) is 0 Å². The molecule has 130 valence electrons. The van der Waals surface area contributed by atoms with Gasteiger partial charge in [-0.3, -0.25) is 9.59 Å². The molecular weight excluding hydrogens is 352 g/mol. The van der Waals surface area contributed by atoms with Gasteiger partial charge in [-0.2, -0.15) is 4.31 Å². The zero-order valence-corrected chi connectivity index (χ0v) is 14.7. The number of aliphatic carboxylic acids is 1. The molecule has 1 aromatic rings. The first-order valence-corrected chi connectivity index (χ1v) is 9.95.